The molecule has 2 aromatic carbocycles. The van der Waals surface area contributed by atoms with E-state index in [-0.39, 0.29) is 36.0 Å². The number of hydrogen-bond acceptors (Lipinski definition) is 4. The number of nitrogens with one attached hydrogen (secondary N) is 1. The Morgan fingerprint density at radius 3 is 2.47 bits per heavy atom. The lowest BCUT2D eigenvalue weighted by Gasteiger charge is -2.38. The highest BCUT2D eigenvalue weighted by atomic mass is 32.2. The monoisotopic (exact) mass is 464 g/mol. The summed E-state index contributed by atoms with van der Waals surface area (Å²) in [6.45, 7) is 0.684. The molecule has 9 heteroatoms. The highest BCUT2D eigenvalue weighted by Gasteiger charge is 2.48. The third-order valence-corrected chi connectivity index (χ3v) is 6.96. The van der Waals surface area contributed by atoms with Crippen LogP contribution in [0, 0.1) is 17.6 Å². The number of halogens is 2. The molecule has 1 aliphatic heterocycles. The average molecular weight is 465 g/mol. The summed E-state index contributed by atoms with van der Waals surface area (Å²) >= 11 is 0. The van der Waals surface area contributed by atoms with Crippen LogP contribution in [0.5, 0.6) is 0 Å². The van der Waals surface area contributed by atoms with Gasteiger partial charge in [-0.3, -0.25) is 4.79 Å². The number of sulfonamides is 1. The highest BCUT2D eigenvalue weighted by Crippen LogP contribution is 2.51. The van der Waals surface area contributed by atoms with E-state index >= 15 is 0 Å². The summed E-state index contributed by atoms with van der Waals surface area (Å²) in [5.41, 5.74) is 1.12. The van der Waals surface area contributed by atoms with Crippen molar-refractivity contribution < 1.29 is 26.7 Å². The molecular weight excluding hydrogens is 438 g/mol. The van der Waals surface area contributed by atoms with Gasteiger partial charge in [-0.25, -0.2) is 21.9 Å². The normalized spacial score (nSPS) is 25.6. The summed E-state index contributed by atoms with van der Waals surface area (Å²) in [5.74, 6) is -1.80. The predicted octanol–water partition coefficient (Wildman–Crippen LogP) is 2.90. The van der Waals surface area contributed by atoms with Crippen molar-refractivity contribution >= 4 is 15.9 Å². The van der Waals surface area contributed by atoms with Crippen molar-refractivity contribution in [1.29, 1.82) is 0 Å². The number of methoxy groups -OCH3 is 1. The van der Waals surface area contributed by atoms with E-state index in [0.29, 0.717) is 24.9 Å². The second-order valence-electron chi connectivity index (χ2n) is 8.48. The number of piperidine rings is 1. The van der Waals surface area contributed by atoms with E-state index in [1.54, 1.807) is 23.1 Å². The number of likely N-dealkylation sites (tertiary alicyclic amines) is 1. The van der Waals surface area contributed by atoms with Gasteiger partial charge in [-0.05, 0) is 42.0 Å². The Balaban J connectivity index is 1.53. The fourth-order valence-corrected chi connectivity index (χ4v) is 5.43. The molecule has 1 saturated heterocycles. The molecule has 0 bridgehead atoms. The standard InChI is InChI=1S/C23H26F2N2O4S/c1-31-21-10-11-27(13-20(21)26-32(2,29)30)23(28)17-12-16(17)14-6-3-4-7-15(14)22-18(24)8-5-9-19(22)25/h3-9,16-17,20-21,26H,10-13H2,1-2H3/t16-,17+,20+,21+/m0/s1. The predicted molar refractivity (Wildman–Crippen MR) is 116 cm³/mol. The van der Waals surface area contributed by atoms with Crippen LogP contribution in [0.15, 0.2) is 42.5 Å². The summed E-state index contributed by atoms with van der Waals surface area (Å²) < 4.78 is 60.2. The van der Waals surface area contributed by atoms with Crippen molar-refractivity contribution in [2.24, 2.45) is 5.92 Å². The van der Waals surface area contributed by atoms with Crippen LogP contribution in [0.4, 0.5) is 8.78 Å². The van der Waals surface area contributed by atoms with Crippen LogP contribution in [0.1, 0.15) is 24.3 Å². The van der Waals surface area contributed by atoms with Gasteiger partial charge in [0, 0.05) is 26.1 Å². The first-order valence-corrected chi connectivity index (χ1v) is 12.4. The van der Waals surface area contributed by atoms with Gasteiger partial charge >= 0.3 is 0 Å². The van der Waals surface area contributed by atoms with Crippen LogP contribution in [0.2, 0.25) is 0 Å². The van der Waals surface area contributed by atoms with E-state index < -0.39 is 27.7 Å². The third-order valence-electron chi connectivity index (χ3n) is 6.23. The Morgan fingerprint density at radius 1 is 1.12 bits per heavy atom. The largest absolute Gasteiger partial charge is 0.380 e. The van der Waals surface area contributed by atoms with E-state index in [0.717, 1.165) is 11.8 Å². The Kier molecular flexibility index (Phi) is 6.33. The van der Waals surface area contributed by atoms with Crippen LogP contribution >= 0.6 is 0 Å². The van der Waals surface area contributed by atoms with Gasteiger partial charge in [0.05, 0.1) is 24.0 Å². The summed E-state index contributed by atoms with van der Waals surface area (Å²) in [5, 5.41) is 0. The molecule has 1 aliphatic carbocycles. The van der Waals surface area contributed by atoms with Gasteiger partial charge in [0.1, 0.15) is 11.6 Å². The van der Waals surface area contributed by atoms with Crippen LogP contribution in [0.25, 0.3) is 11.1 Å². The van der Waals surface area contributed by atoms with Crippen molar-refractivity contribution in [2.75, 3.05) is 26.5 Å². The number of carbonyl (C=O) groups is 1. The topological polar surface area (TPSA) is 75.7 Å². The zero-order chi connectivity index (χ0) is 23.0. The molecule has 0 unspecified atom stereocenters. The molecule has 172 valence electrons. The maximum Gasteiger partial charge on any atom is 0.226 e. The molecule has 1 heterocycles. The summed E-state index contributed by atoms with van der Waals surface area (Å²) in [6, 6.07) is 10.3. The minimum absolute atomic E-state index is 0.0753. The molecule has 0 radical (unpaired) electrons. The van der Waals surface area contributed by atoms with E-state index in [9.17, 15) is 22.0 Å². The van der Waals surface area contributed by atoms with E-state index in [2.05, 4.69) is 4.72 Å². The molecule has 4 atom stereocenters. The Labute approximate surface area is 186 Å². The number of nitrogens with zero attached hydrogens (tertiary/aromatic N) is 1. The fourth-order valence-electron chi connectivity index (χ4n) is 4.65. The third kappa shape index (κ3) is 4.69. The van der Waals surface area contributed by atoms with E-state index in [1.807, 2.05) is 6.07 Å². The smallest absolute Gasteiger partial charge is 0.226 e. The van der Waals surface area contributed by atoms with E-state index in [4.69, 9.17) is 4.74 Å². The van der Waals surface area contributed by atoms with Gasteiger partial charge in [-0.15, -0.1) is 0 Å². The molecule has 1 amide bonds. The second kappa shape index (κ2) is 8.88. The molecule has 6 nitrogen and oxygen atoms in total. The molecule has 32 heavy (non-hydrogen) atoms. The lowest BCUT2D eigenvalue weighted by molar-refractivity contribution is -0.135. The van der Waals surface area contributed by atoms with Crippen LogP contribution < -0.4 is 4.72 Å². The molecule has 2 aliphatic rings. The van der Waals surface area contributed by atoms with Crippen molar-refractivity contribution in [3.63, 3.8) is 0 Å². The maximum atomic E-state index is 14.4. The highest BCUT2D eigenvalue weighted by molar-refractivity contribution is 7.88. The quantitative estimate of drug-likeness (QED) is 0.713. The van der Waals surface area contributed by atoms with Gasteiger partial charge in [-0.2, -0.15) is 0 Å². The van der Waals surface area contributed by atoms with Gasteiger partial charge in [-0.1, -0.05) is 30.3 Å². The first-order chi connectivity index (χ1) is 15.2. The number of rotatable bonds is 6. The van der Waals surface area contributed by atoms with Crippen molar-refractivity contribution in [2.45, 2.75) is 30.9 Å². The fraction of sp³-hybridized carbons (Fsp3) is 0.435. The molecule has 2 aromatic rings. The minimum Gasteiger partial charge on any atom is -0.380 e. The molecule has 0 aromatic heterocycles. The number of amides is 1. The Hall–Kier alpha value is -2.36. The summed E-state index contributed by atoms with van der Waals surface area (Å²) in [4.78, 5) is 14.9. The molecule has 2 fully saturated rings. The number of carbonyl (C=O) groups excluding carboxylic acids is 1. The van der Waals surface area contributed by atoms with Crippen LogP contribution in [0.3, 0.4) is 0 Å². The molecule has 0 spiro atoms. The summed E-state index contributed by atoms with van der Waals surface area (Å²) in [7, 11) is -1.94. The Bertz CT molecular complexity index is 1100. The van der Waals surface area contributed by atoms with Gasteiger partial charge < -0.3 is 9.64 Å². The second-order valence-corrected chi connectivity index (χ2v) is 10.3. The maximum absolute atomic E-state index is 14.4. The minimum atomic E-state index is -3.46. The van der Waals surface area contributed by atoms with Crippen molar-refractivity contribution in [3.8, 4) is 11.1 Å². The first kappa shape index (κ1) is 22.8. The van der Waals surface area contributed by atoms with Crippen molar-refractivity contribution in [3.05, 3.63) is 59.7 Å². The molecule has 1 saturated carbocycles. The molecular formula is C23H26F2N2O4S. The van der Waals surface area contributed by atoms with Crippen molar-refractivity contribution in [1.82, 2.24) is 9.62 Å². The van der Waals surface area contributed by atoms with Gasteiger partial charge in [0.15, 0.2) is 0 Å². The summed E-state index contributed by atoms with van der Waals surface area (Å²) in [6.07, 6.45) is 1.87. The lowest BCUT2D eigenvalue weighted by atomic mass is 9.95. The van der Waals surface area contributed by atoms with Gasteiger partial charge in [0.2, 0.25) is 15.9 Å². The number of ether oxygens (including phenoxy) is 1. The van der Waals surface area contributed by atoms with Crippen LogP contribution in [-0.2, 0) is 19.6 Å². The lowest BCUT2D eigenvalue weighted by Crippen LogP contribution is -2.57. The number of benzene rings is 2. The molecule has 4 rings (SSSR count). The van der Waals surface area contributed by atoms with E-state index in [1.165, 1.54) is 25.3 Å². The zero-order valence-electron chi connectivity index (χ0n) is 17.9. The zero-order valence-corrected chi connectivity index (χ0v) is 18.7. The van der Waals surface area contributed by atoms with Crippen LogP contribution in [-0.4, -0.2) is 57.8 Å². The number of hydrogen-bond donors (Lipinski definition) is 1. The van der Waals surface area contributed by atoms with Gasteiger partial charge in [0.25, 0.3) is 0 Å². The first-order valence-electron chi connectivity index (χ1n) is 10.5. The Morgan fingerprint density at radius 2 is 1.81 bits per heavy atom. The average Bonchev–Trinajstić information content (AvgIpc) is 3.53. The SMILES string of the molecule is CO[C@@H]1CCN(C(=O)[C@@H]2C[C@H]2c2ccccc2-c2c(F)cccc2F)C[C@H]1NS(C)(=O)=O. The molecule has 1 N–H and O–H groups in total.